The molecule has 0 spiro atoms. The highest BCUT2D eigenvalue weighted by molar-refractivity contribution is 9.08. The third-order valence-corrected chi connectivity index (χ3v) is 3.95. The minimum Gasteiger partial charge on any atom is -0.370 e. The molecule has 17 heavy (non-hydrogen) atoms. The van der Waals surface area contributed by atoms with Gasteiger partial charge in [0.05, 0.1) is 10.7 Å². The summed E-state index contributed by atoms with van der Waals surface area (Å²) in [4.78, 5) is 2.29. The van der Waals surface area contributed by atoms with Crippen LogP contribution in [0.3, 0.4) is 0 Å². The molecule has 1 nitrogen and oxygen atoms in total. The van der Waals surface area contributed by atoms with Crippen LogP contribution in [0.5, 0.6) is 0 Å². The van der Waals surface area contributed by atoms with Crippen LogP contribution in [0, 0.1) is 5.92 Å². The lowest BCUT2D eigenvalue weighted by Crippen LogP contribution is -2.31. The van der Waals surface area contributed by atoms with Crippen molar-refractivity contribution in [1.82, 2.24) is 0 Å². The molecule has 1 aromatic rings. The molecule has 0 heterocycles. The molecule has 0 radical (unpaired) electrons. The first-order chi connectivity index (χ1) is 7.97. The Kier molecular flexibility index (Phi) is 5.81. The third kappa shape index (κ3) is 3.89. The van der Waals surface area contributed by atoms with Gasteiger partial charge in [-0.2, -0.15) is 0 Å². The molecule has 0 bridgehead atoms. The van der Waals surface area contributed by atoms with E-state index in [0.29, 0.717) is 12.0 Å². The first-order valence-electron chi connectivity index (χ1n) is 6.03. The minimum atomic E-state index is 0.493. The number of anilines is 1. The summed E-state index contributed by atoms with van der Waals surface area (Å²) in [5.74, 6) is 0.697. The second-order valence-electron chi connectivity index (χ2n) is 4.97. The number of halogens is 2. The van der Waals surface area contributed by atoms with E-state index < -0.39 is 0 Å². The van der Waals surface area contributed by atoms with Gasteiger partial charge < -0.3 is 4.90 Å². The Bertz CT molecular complexity index is 365. The highest BCUT2D eigenvalue weighted by Gasteiger charge is 2.16. The van der Waals surface area contributed by atoms with Crippen LogP contribution < -0.4 is 4.90 Å². The fourth-order valence-electron chi connectivity index (χ4n) is 2.12. The van der Waals surface area contributed by atoms with Crippen molar-refractivity contribution in [2.45, 2.75) is 38.6 Å². The quantitative estimate of drug-likeness (QED) is 0.682. The van der Waals surface area contributed by atoms with Crippen LogP contribution in [0.15, 0.2) is 18.2 Å². The zero-order valence-electron chi connectivity index (χ0n) is 11.0. The second kappa shape index (κ2) is 6.65. The van der Waals surface area contributed by atoms with E-state index in [0.717, 1.165) is 16.0 Å². The topological polar surface area (TPSA) is 3.24 Å². The lowest BCUT2D eigenvalue weighted by atomic mass is 10.0. The smallest absolute Gasteiger partial charge is 0.0642 e. The van der Waals surface area contributed by atoms with Crippen molar-refractivity contribution in [2.75, 3.05) is 11.9 Å². The van der Waals surface area contributed by atoms with Crippen LogP contribution >= 0.6 is 27.5 Å². The molecule has 0 aliphatic carbocycles. The van der Waals surface area contributed by atoms with Gasteiger partial charge in [0.25, 0.3) is 0 Å². The summed E-state index contributed by atoms with van der Waals surface area (Å²) in [7, 11) is 2.13. The first kappa shape index (κ1) is 14.8. The average molecular weight is 319 g/mol. The first-order valence-corrected chi connectivity index (χ1v) is 7.53. The van der Waals surface area contributed by atoms with Crippen LogP contribution in [0.2, 0.25) is 5.02 Å². The van der Waals surface area contributed by atoms with Gasteiger partial charge in [0.15, 0.2) is 0 Å². The number of hydrogen-bond donors (Lipinski definition) is 0. The molecule has 96 valence electrons. The van der Waals surface area contributed by atoms with Crippen LogP contribution in [-0.2, 0) is 5.33 Å². The highest BCUT2D eigenvalue weighted by atomic mass is 79.9. The average Bonchev–Trinajstić information content (AvgIpc) is 2.26. The lowest BCUT2D eigenvalue weighted by molar-refractivity contribution is 0.504. The molecule has 0 aromatic heterocycles. The third-order valence-electron chi connectivity index (χ3n) is 3.04. The zero-order valence-corrected chi connectivity index (χ0v) is 13.3. The van der Waals surface area contributed by atoms with Crippen molar-refractivity contribution >= 4 is 33.2 Å². The van der Waals surface area contributed by atoms with Crippen molar-refractivity contribution < 1.29 is 0 Å². The molecule has 0 aliphatic heterocycles. The number of rotatable bonds is 5. The van der Waals surface area contributed by atoms with Gasteiger partial charge in [-0.3, -0.25) is 0 Å². The summed E-state index contributed by atoms with van der Waals surface area (Å²) in [6.07, 6.45) is 1.17. The molecule has 0 fully saturated rings. The van der Waals surface area contributed by atoms with E-state index in [1.807, 2.05) is 12.1 Å². The number of nitrogens with zero attached hydrogens (tertiary/aromatic N) is 1. The highest BCUT2D eigenvalue weighted by Crippen LogP contribution is 2.32. The Morgan fingerprint density at radius 1 is 1.29 bits per heavy atom. The Morgan fingerprint density at radius 2 is 1.94 bits per heavy atom. The molecule has 1 unspecified atom stereocenters. The SMILES string of the molecule is CC(C)CC(C)N(C)c1c(Cl)cccc1CBr. The Hall–Kier alpha value is -0.210. The second-order valence-corrected chi connectivity index (χ2v) is 5.94. The van der Waals surface area contributed by atoms with Crippen molar-refractivity contribution in [3.05, 3.63) is 28.8 Å². The van der Waals surface area contributed by atoms with Gasteiger partial charge in [0.1, 0.15) is 0 Å². The zero-order chi connectivity index (χ0) is 13.0. The maximum atomic E-state index is 6.32. The maximum absolute atomic E-state index is 6.32. The van der Waals surface area contributed by atoms with Gasteiger partial charge in [0, 0.05) is 18.4 Å². The molecule has 1 aromatic carbocycles. The molecular formula is C14H21BrClN. The number of para-hydroxylation sites is 1. The Morgan fingerprint density at radius 3 is 2.47 bits per heavy atom. The van der Waals surface area contributed by atoms with Crippen LogP contribution in [0.25, 0.3) is 0 Å². The Labute approximate surface area is 118 Å². The number of benzene rings is 1. The van der Waals surface area contributed by atoms with E-state index in [1.54, 1.807) is 0 Å². The van der Waals surface area contributed by atoms with Gasteiger partial charge in [-0.1, -0.05) is 53.5 Å². The fraction of sp³-hybridized carbons (Fsp3) is 0.571. The van der Waals surface area contributed by atoms with E-state index >= 15 is 0 Å². The summed E-state index contributed by atoms with van der Waals surface area (Å²) in [5.41, 5.74) is 2.40. The molecule has 0 aliphatic rings. The monoisotopic (exact) mass is 317 g/mol. The normalized spacial score (nSPS) is 12.9. The van der Waals surface area contributed by atoms with E-state index in [1.165, 1.54) is 12.0 Å². The van der Waals surface area contributed by atoms with Crippen LogP contribution in [0.4, 0.5) is 5.69 Å². The molecule has 1 rings (SSSR count). The molecule has 0 saturated carbocycles. The lowest BCUT2D eigenvalue weighted by Gasteiger charge is -2.30. The fourth-order valence-corrected chi connectivity index (χ4v) is 2.90. The summed E-state index contributed by atoms with van der Waals surface area (Å²) in [6, 6.07) is 6.58. The Balaban J connectivity index is 2.98. The predicted molar refractivity (Wildman–Crippen MR) is 81.4 cm³/mol. The van der Waals surface area contributed by atoms with E-state index in [4.69, 9.17) is 11.6 Å². The van der Waals surface area contributed by atoms with Gasteiger partial charge >= 0.3 is 0 Å². The molecule has 1 atom stereocenters. The van der Waals surface area contributed by atoms with Crippen molar-refractivity contribution in [2.24, 2.45) is 5.92 Å². The number of alkyl halides is 1. The molecule has 0 N–H and O–H groups in total. The van der Waals surface area contributed by atoms with Crippen LogP contribution in [-0.4, -0.2) is 13.1 Å². The predicted octanol–water partition coefficient (Wildman–Crippen LogP) is 5.11. The summed E-state index contributed by atoms with van der Waals surface area (Å²) in [6.45, 7) is 6.76. The molecule has 0 amide bonds. The largest absolute Gasteiger partial charge is 0.370 e. The van der Waals surface area contributed by atoms with Gasteiger partial charge in [-0.05, 0) is 30.9 Å². The van der Waals surface area contributed by atoms with Crippen LogP contribution in [0.1, 0.15) is 32.8 Å². The van der Waals surface area contributed by atoms with E-state index in [9.17, 15) is 0 Å². The van der Waals surface area contributed by atoms with Gasteiger partial charge in [-0.25, -0.2) is 0 Å². The van der Waals surface area contributed by atoms with E-state index in [-0.39, 0.29) is 0 Å². The van der Waals surface area contributed by atoms with Crippen molar-refractivity contribution in [3.63, 3.8) is 0 Å². The summed E-state index contributed by atoms with van der Waals surface area (Å²) in [5, 5.41) is 1.67. The van der Waals surface area contributed by atoms with E-state index in [2.05, 4.69) is 54.7 Å². The summed E-state index contributed by atoms with van der Waals surface area (Å²) < 4.78 is 0. The minimum absolute atomic E-state index is 0.493. The van der Waals surface area contributed by atoms with Crippen molar-refractivity contribution in [3.8, 4) is 0 Å². The molecule has 3 heteroatoms. The molecule has 0 saturated heterocycles. The van der Waals surface area contributed by atoms with Crippen molar-refractivity contribution in [1.29, 1.82) is 0 Å². The summed E-state index contributed by atoms with van der Waals surface area (Å²) >= 11 is 9.85. The maximum Gasteiger partial charge on any atom is 0.0642 e. The molecular weight excluding hydrogens is 298 g/mol. The van der Waals surface area contributed by atoms with Gasteiger partial charge in [0.2, 0.25) is 0 Å². The standard InChI is InChI=1S/C14H21BrClN/c1-10(2)8-11(3)17(4)14-12(9-15)6-5-7-13(14)16/h5-7,10-11H,8-9H2,1-4H3. The van der Waals surface area contributed by atoms with Gasteiger partial charge in [-0.15, -0.1) is 0 Å². The number of hydrogen-bond acceptors (Lipinski definition) is 1.